The van der Waals surface area contributed by atoms with Gasteiger partial charge >= 0.3 is 18.3 Å². The minimum atomic E-state index is -4.78. The van der Waals surface area contributed by atoms with Crippen molar-refractivity contribution in [1.29, 1.82) is 0 Å². The van der Waals surface area contributed by atoms with E-state index in [1.807, 2.05) is 30.3 Å². The molecule has 4 rings (SSSR count). The van der Waals surface area contributed by atoms with Gasteiger partial charge in [-0.3, -0.25) is 0 Å². The highest BCUT2D eigenvalue weighted by molar-refractivity contribution is 5.89. The van der Waals surface area contributed by atoms with Crippen molar-refractivity contribution in [2.24, 2.45) is 5.92 Å². The van der Waals surface area contributed by atoms with Crippen LogP contribution < -0.4 is 9.47 Å². The van der Waals surface area contributed by atoms with E-state index in [0.29, 0.717) is 47.3 Å². The molecule has 0 aliphatic rings. The normalized spacial score (nSPS) is 12.0. The molecular weight excluding hydrogens is 604 g/mol. The molecule has 0 spiro atoms. The molecule has 1 unspecified atom stereocenters. The molecule has 0 fully saturated rings. The predicted molar refractivity (Wildman–Crippen MR) is 164 cm³/mol. The van der Waals surface area contributed by atoms with Crippen LogP contribution in [0.3, 0.4) is 0 Å². The van der Waals surface area contributed by atoms with Crippen LogP contribution in [0.15, 0.2) is 97.1 Å². The number of rotatable bonds is 13. The first-order valence-electron chi connectivity index (χ1n) is 14.3. The molecule has 0 amide bonds. The second-order valence-corrected chi connectivity index (χ2v) is 10.4. The van der Waals surface area contributed by atoms with E-state index in [9.17, 15) is 27.2 Å². The summed E-state index contributed by atoms with van der Waals surface area (Å²) in [5.41, 5.74) is 3.99. The summed E-state index contributed by atoms with van der Waals surface area (Å²) in [7, 11) is 2.65. The quantitative estimate of drug-likeness (QED) is 0.109. The Hall–Kier alpha value is -5.12. The number of methoxy groups -OCH3 is 2. The van der Waals surface area contributed by atoms with Crippen LogP contribution >= 0.6 is 0 Å². The zero-order valence-corrected chi connectivity index (χ0v) is 25.2. The van der Waals surface area contributed by atoms with Gasteiger partial charge in [0.05, 0.1) is 25.3 Å². The molecule has 4 aromatic carbocycles. The highest BCUT2D eigenvalue weighted by Gasteiger charge is 2.31. The Bertz CT molecular complexity index is 1630. The Morgan fingerprint density at radius 2 is 1.33 bits per heavy atom. The summed E-state index contributed by atoms with van der Waals surface area (Å²) in [6.45, 7) is 0.0380. The van der Waals surface area contributed by atoms with Gasteiger partial charge in [0.15, 0.2) is 0 Å². The lowest BCUT2D eigenvalue weighted by molar-refractivity contribution is -0.274. The standard InChI is InChI=1S/C36H32F4O6/c1-43-34(41)28-12-5-24(6-13-28)3-4-25(21-26-7-14-29(15-8-26)35(42)44-2)9-16-30-22-31(37)17-20-33(30)45-23-27-10-18-32(19-11-27)46-36(38,39)40/h5-20,22,25H,3-4,21,23H2,1-2H3. The van der Waals surface area contributed by atoms with Gasteiger partial charge in [-0.2, -0.15) is 0 Å². The molecule has 0 N–H and O–H groups in total. The molecule has 0 aliphatic carbocycles. The summed E-state index contributed by atoms with van der Waals surface area (Å²) in [5, 5.41) is 0. The minimum absolute atomic E-state index is 0.0124. The fraction of sp³-hybridized carbons (Fsp3) is 0.222. The van der Waals surface area contributed by atoms with Crippen molar-refractivity contribution in [1.82, 2.24) is 0 Å². The first-order chi connectivity index (χ1) is 22.0. The number of alkyl halides is 3. The van der Waals surface area contributed by atoms with Gasteiger partial charge < -0.3 is 18.9 Å². The molecular formula is C36H32F4O6. The number of hydrogen-bond acceptors (Lipinski definition) is 6. The van der Waals surface area contributed by atoms with Gasteiger partial charge in [0.2, 0.25) is 0 Å². The van der Waals surface area contributed by atoms with Crippen molar-refractivity contribution in [3.05, 3.63) is 136 Å². The molecule has 0 aromatic heterocycles. The Labute approximate surface area is 264 Å². The molecule has 0 heterocycles. The first kappa shape index (κ1) is 33.8. The van der Waals surface area contributed by atoms with E-state index in [4.69, 9.17) is 14.2 Å². The largest absolute Gasteiger partial charge is 0.573 e. The summed E-state index contributed by atoms with van der Waals surface area (Å²) >= 11 is 0. The number of benzene rings is 4. The summed E-state index contributed by atoms with van der Waals surface area (Å²) in [5.74, 6) is -1.26. The summed E-state index contributed by atoms with van der Waals surface area (Å²) in [4.78, 5) is 23.7. The minimum Gasteiger partial charge on any atom is -0.488 e. The van der Waals surface area contributed by atoms with Gasteiger partial charge in [0.25, 0.3) is 0 Å². The van der Waals surface area contributed by atoms with Crippen LogP contribution in [0.4, 0.5) is 17.6 Å². The number of esters is 2. The van der Waals surface area contributed by atoms with Gasteiger partial charge in [-0.15, -0.1) is 13.2 Å². The number of carbonyl (C=O) groups is 2. The number of aryl methyl sites for hydroxylation is 1. The van der Waals surface area contributed by atoms with Crippen LogP contribution in [0.5, 0.6) is 11.5 Å². The SMILES string of the molecule is COC(=O)c1ccc(CCC(C=Cc2cc(F)ccc2OCc2ccc(OC(F)(F)F)cc2)Cc2ccc(C(=O)OC)cc2)cc1. The molecule has 240 valence electrons. The van der Waals surface area contributed by atoms with Crippen molar-refractivity contribution in [2.45, 2.75) is 32.2 Å². The highest BCUT2D eigenvalue weighted by atomic mass is 19.4. The van der Waals surface area contributed by atoms with Crippen LogP contribution in [-0.4, -0.2) is 32.5 Å². The smallest absolute Gasteiger partial charge is 0.488 e. The van der Waals surface area contributed by atoms with Gasteiger partial charge in [-0.25, -0.2) is 14.0 Å². The van der Waals surface area contributed by atoms with Gasteiger partial charge in [0, 0.05) is 5.56 Å². The Morgan fingerprint density at radius 3 is 1.89 bits per heavy atom. The van der Waals surface area contributed by atoms with Crippen LogP contribution in [0.25, 0.3) is 6.08 Å². The summed E-state index contributed by atoms with van der Waals surface area (Å²) in [6, 6.07) is 23.7. The second-order valence-electron chi connectivity index (χ2n) is 10.4. The maximum absolute atomic E-state index is 14.3. The maximum atomic E-state index is 14.3. The van der Waals surface area contributed by atoms with Gasteiger partial charge in [-0.1, -0.05) is 48.6 Å². The molecule has 0 saturated heterocycles. The van der Waals surface area contributed by atoms with E-state index in [1.165, 1.54) is 56.7 Å². The van der Waals surface area contributed by atoms with E-state index in [1.54, 1.807) is 30.3 Å². The zero-order chi connectivity index (χ0) is 33.1. The lowest BCUT2D eigenvalue weighted by Gasteiger charge is -2.15. The lowest BCUT2D eigenvalue weighted by Crippen LogP contribution is -2.17. The van der Waals surface area contributed by atoms with Crippen LogP contribution in [0, 0.1) is 11.7 Å². The molecule has 46 heavy (non-hydrogen) atoms. The van der Waals surface area contributed by atoms with Crippen molar-refractivity contribution in [2.75, 3.05) is 14.2 Å². The van der Waals surface area contributed by atoms with E-state index >= 15 is 0 Å². The molecule has 0 bridgehead atoms. The number of hydrogen-bond donors (Lipinski definition) is 0. The third kappa shape index (κ3) is 10.2. The Balaban J connectivity index is 1.51. The predicted octanol–water partition coefficient (Wildman–Crippen LogP) is 8.38. The third-order valence-electron chi connectivity index (χ3n) is 7.12. The Kier molecular flexibility index (Phi) is 11.6. The summed E-state index contributed by atoms with van der Waals surface area (Å²) in [6.07, 6.45) is 0.999. The number of ether oxygens (including phenoxy) is 4. The van der Waals surface area contributed by atoms with Gasteiger partial charge in [0.1, 0.15) is 23.9 Å². The van der Waals surface area contributed by atoms with Crippen LogP contribution in [0.1, 0.15) is 49.4 Å². The average Bonchev–Trinajstić information content (AvgIpc) is 3.05. The number of halogens is 4. The van der Waals surface area contributed by atoms with Gasteiger partial charge in [-0.05, 0) is 96.5 Å². The third-order valence-corrected chi connectivity index (χ3v) is 7.12. The van der Waals surface area contributed by atoms with E-state index in [2.05, 4.69) is 4.74 Å². The van der Waals surface area contributed by atoms with Crippen molar-refractivity contribution in [3.63, 3.8) is 0 Å². The highest BCUT2D eigenvalue weighted by Crippen LogP contribution is 2.27. The van der Waals surface area contributed by atoms with E-state index < -0.39 is 24.1 Å². The monoisotopic (exact) mass is 636 g/mol. The molecule has 6 nitrogen and oxygen atoms in total. The number of carbonyl (C=O) groups excluding carboxylic acids is 2. The average molecular weight is 637 g/mol. The van der Waals surface area contributed by atoms with Crippen LogP contribution in [-0.2, 0) is 28.9 Å². The fourth-order valence-corrected chi connectivity index (χ4v) is 4.71. The molecule has 4 aromatic rings. The second kappa shape index (κ2) is 15.7. The fourth-order valence-electron chi connectivity index (χ4n) is 4.71. The maximum Gasteiger partial charge on any atom is 0.573 e. The molecule has 0 saturated carbocycles. The summed E-state index contributed by atoms with van der Waals surface area (Å²) < 4.78 is 71.1. The lowest BCUT2D eigenvalue weighted by atomic mass is 9.91. The van der Waals surface area contributed by atoms with E-state index in [0.717, 1.165) is 11.1 Å². The first-order valence-corrected chi connectivity index (χ1v) is 14.3. The van der Waals surface area contributed by atoms with Crippen molar-refractivity contribution in [3.8, 4) is 11.5 Å². The molecule has 0 aliphatic heterocycles. The molecule has 0 radical (unpaired) electrons. The van der Waals surface area contributed by atoms with Crippen molar-refractivity contribution >= 4 is 18.0 Å². The van der Waals surface area contributed by atoms with Crippen LogP contribution in [0.2, 0.25) is 0 Å². The molecule has 1 atom stereocenters. The van der Waals surface area contributed by atoms with E-state index in [-0.39, 0.29) is 18.3 Å². The zero-order valence-electron chi connectivity index (χ0n) is 25.2. The molecule has 10 heteroatoms. The van der Waals surface area contributed by atoms with Crippen molar-refractivity contribution < 1.29 is 46.1 Å². The number of allylic oxidation sites excluding steroid dienone is 1. The Morgan fingerprint density at radius 1 is 0.761 bits per heavy atom. The topological polar surface area (TPSA) is 71.1 Å².